The van der Waals surface area contributed by atoms with Gasteiger partial charge in [-0.2, -0.15) is 0 Å². The highest BCUT2D eigenvalue weighted by Gasteiger charge is 2.49. The van der Waals surface area contributed by atoms with E-state index >= 15 is 0 Å². The second-order valence-electron chi connectivity index (χ2n) is 8.11. The summed E-state index contributed by atoms with van der Waals surface area (Å²) < 4.78 is 0. The van der Waals surface area contributed by atoms with Crippen molar-refractivity contribution < 1.29 is 4.79 Å². The van der Waals surface area contributed by atoms with E-state index in [1.54, 1.807) is 0 Å². The molecular formula is C17H30N2O. The average Bonchev–Trinajstić information content (AvgIpc) is 2.92. The van der Waals surface area contributed by atoms with Gasteiger partial charge in [-0.1, -0.05) is 20.3 Å². The predicted molar refractivity (Wildman–Crippen MR) is 81.0 cm³/mol. The molecule has 3 aliphatic carbocycles. The second kappa shape index (κ2) is 5.32. The molecular weight excluding hydrogens is 248 g/mol. The normalized spacial score (nSPS) is 38.0. The van der Waals surface area contributed by atoms with Gasteiger partial charge in [0.15, 0.2) is 0 Å². The zero-order chi connectivity index (χ0) is 14.3. The van der Waals surface area contributed by atoms with Crippen molar-refractivity contribution in [2.75, 3.05) is 6.54 Å². The maximum Gasteiger partial charge on any atom is 0.224 e. The lowest BCUT2D eigenvalue weighted by Gasteiger charge is -2.44. The van der Waals surface area contributed by atoms with Gasteiger partial charge >= 0.3 is 0 Å². The molecule has 3 N–H and O–H groups in total. The summed E-state index contributed by atoms with van der Waals surface area (Å²) in [6.07, 6.45) is 8.80. The van der Waals surface area contributed by atoms with E-state index in [0.717, 1.165) is 12.5 Å². The smallest absolute Gasteiger partial charge is 0.224 e. The Labute approximate surface area is 123 Å². The number of nitrogens with one attached hydrogen (secondary N) is 1. The third kappa shape index (κ3) is 2.49. The van der Waals surface area contributed by atoms with Crippen molar-refractivity contribution in [3.63, 3.8) is 0 Å². The molecule has 0 aliphatic heterocycles. The molecule has 3 saturated carbocycles. The Kier molecular flexibility index (Phi) is 3.83. The molecule has 0 heterocycles. The highest BCUT2D eigenvalue weighted by atomic mass is 16.1. The first kappa shape index (κ1) is 14.4. The standard InChI is InChI=1S/C17H30N2O/c1-11(2)9-17(6-3-7-17)10-19-16(20)14-12-4-5-13(8-12)15(14)18/h11-15H,3-10,18H2,1-2H3,(H,19,20). The van der Waals surface area contributed by atoms with Crippen LogP contribution in [0.15, 0.2) is 0 Å². The summed E-state index contributed by atoms with van der Waals surface area (Å²) in [7, 11) is 0. The van der Waals surface area contributed by atoms with E-state index in [-0.39, 0.29) is 17.9 Å². The summed E-state index contributed by atoms with van der Waals surface area (Å²) in [6, 6.07) is 0.121. The highest BCUT2D eigenvalue weighted by Crippen LogP contribution is 2.48. The zero-order valence-corrected chi connectivity index (χ0v) is 13.0. The van der Waals surface area contributed by atoms with Crippen LogP contribution in [0.25, 0.3) is 0 Å². The van der Waals surface area contributed by atoms with E-state index in [4.69, 9.17) is 5.73 Å². The van der Waals surface area contributed by atoms with Crippen LogP contribution in [0, 0.1) is 29.1 Å². The number of amides is 1. The molecule has 2 bridgehead atoms. The van der Waals surface area contributed by atoms with Crippen LogP contribution >= 0.6 is 0 Å². The molecule has 114 valence electrons. The lowest BCUT2D eigenvalue weighted by molar-refractivity contribution is -0.128. The Morgan fingerprint density at radius 2 is 2.00 bits per heavy atom. The first-order valence-electron chi connectivity index (χ1n) is 8.54. The number of nitrogens with two attached hydrogens (primary N) is 1. The number of hydrogen-bond donors (Lipinski definition) is 2. The fourth-order valence-corrected chi connectivity index (χ4v) is 5.11. The minimum atomic E-state index is 0.102. The van der Waals surface area contributed by atoms with Gasteiger partial charge in [-0.15, -0.1) is 0 Å². The largest absolute Gasteiger partial charge is 0.355 e. The van der Waals surface area contributed by atoms with E-state index < -0.39 is 0 Å². The summed E-state index contributed by atoms with van der Waals surface area (Å²) >= 11 is 0. The van der Waals surface area contributed by atoms with Crippen molar-refractivity contribution in [1.29, 1.82) is 0 Å². The SMILES string of the molecule is CC(C)CC1(CNC(=O)C2C3CCC(C3)C2N)CCC1. The molecule has 4 atom stereocenters. The Bertz CT molecular complexity index is 373. The first-order valence-corrected chi connectivity index (χ1v) is 8.54. The van der Waals surface area contributed by atoms with E-state index in [2.05, 4.69) is 19.2 Å². The lowest BCUT2D eigenvalue weighted by atomic mass is 9.64. The summed E-state index contributed by atoms with van der Waals surface area (Å²) in [5.41, 5.74) is 6.67. The Balaban J connectivity index is 1.54. The molecule has 3 nitrogen and oxygen atoms in total. The van der Waals surface area contributed by atoms with Crippen LogP contribution in [0.1, 0.15) is 58.8 Å². The van der Waals surface area contributed by atoms with Crippen molar-refractivity contribution in [2.45, 2.75) is 64.8 Å². The molecule has 4 unspecified atom stereocenters. The van der Waals surface area contributed by atoms with Gasteiger partial charge < -0.3 is 11.1 Å². The third-order valence-corrected chi connectivity index (χ3v) is 6.18. The van der Waals surface area contributed by atoms with Gasteiger partial charge in [0.25, 0.3) is 0 Å². The molecule has 0 saturated heterocycles. The maximum atomic E-state index is 12.5. The minimum absolute atomic E-state index is 0.102. The van der Waals surface area contributed by atoms with Crippen LogP contribution in [-0.4, -0.2) is 18.5 Å². The fraction of sp³-hybridized carbons (Fsp3) is 0.941. The minimum Gasteiger partial charge on any atom is -0.355 e. The van der Waals surface area contributed by atoms with Gasteiger partial charge in [-0.05, 0) is 61.7 Å². The third-order valence-electron chi connectivity index (χ3n) is 6.18. The van der Waals surface area contributed by atoms with Crippen molar-refractivity contribution in [3.05, 3.63) is 0 Å². The molecule has 3 fully saturated rings. The molecule has 0 spiro atoms. The van der Waals surface area contributed by atoms with Crippen LogP contribution in [0.2, 0.25) is 0 Å². The van der Waals surface area contributed by atoms with E-state index in [1.807, 2.05) is 0 Å². The van der Waals surface area contributed by atoms with Crippen LogP contribution < -0.4 is 11.1 Å². The average molecular weight is 278 g/mol. The number of rotatable bonds is 5. The molecule has 0 radical (unpaired) electrons. The van der Waals surface area contributed by atoms with Gasteiger partial charge in [0.1, 0.15) is 0 Å². The summed E-state index contributed by atoms with van der Waals surface area (Å²) in [5, 5.41) is 3.27. The van der Waals surface area contributed by atoms with Crippen LogP contribution in [0.5, 0.6) is 0 Å². The Morgan fingerprint density at radius 1 is 1.30 bits per heavy atom. The Morgan fingerprint density at radius 3 is 2.50 bits per heavy atom. The molecule has 0 aromatic heterocycles. The summed E-state index contributed by atoms with van der Waals surface area (Å²) in [5.74, 6) is 2.25. The number of hydrogen-bond acceptors (Lipinski definition) is 2. The van der Waals surface area contributed by atoms with Crippen molar-refractivity contribution in [3.8, 4) is 0 Å². The van der Waals surface area contributed by atoms with Crippen LogP contribution in [-0.2, 0) is 4.79 Å². The highest BCUT2D eigenvalue weighted by molar-refractivity contribution is 5.80. The van der Waals surface area contributed by atoms with E-state index in [0.29, 0.717) is 17.3 Å². The second-order valence-corrected chi connectivity index (χ2v) is 8.11. The van der Waals surface area contributed by atoms with E-state index in [9.17, 15) is 4.79 Å². The predicted octanol–water partition coefficient (Wildman–Crippen LogP) is 2.69. The fourth-order valence-electron chi connectivity index (χ4n) is 5.11. The zero-order valence-electron chi connectivity index (χ0n) is 13.0. The molecule has 3 rings (SSSR count). The molecule has 20 heavy (non-hydrogen) atoms. The van der Waals surface area contributed by atoms with E-state index in [1.165, 1.54) is 44.9 Å². The summed E-state index contributed by atoms with van der Waals surface area (Å²) in [4.78, 5) is 12.5. The summed E-state index contributed by atoms with van der Waals surface area (Å²) in [6.45, 7) is 5.45. The molecule has 0 aromatic rings. The van der Waals surface area contributed by atoms with Gasteiger partial charge in [-0.3, -0.25) is 4.79 Å². The van der Waals surface area contributed by atoms with Gasteiger partial charge in [0.2, 0.25) is 5.91 Å². The van der Waals surface area contributed by atoms with Crippen LogP contribution in [0.4, 0.5) is 0 Å². The van der Waals surface area contributed by atoms with Gasteiger partial charge in [0, 0.05) is 12.6 Å². The molecule has 0 aromatic carbocycles. The van der Waals surface area contributed by atoms with Crippen LogP contribution in [0.3, 0.4) is 0 Å². The Hall–Kier alpha value is -0.570. The van der Waals surface area contributed by atoms with Gasteiger partial charge in [-0.25, -0.2) is 0 Å². The van der Waals surface area contributed by atoms with Gasteiger partial charge in [0.05, 0.1) is 5.92 Å². The van der Waals surface area contributed by atoms with Crippen molar-refractivity contribution >= 4 is 5.91 Å². The number of fused-ring (bicyclic) bond motifs is 2. The first-order chi connectivity index (χ1) is 9.51. The van der Waals surface area contributed by atoms with Crippen molar-refractivity contribution in [2.24, 2.45) is 34.8 Å². The van der Waals surface area contributed by atoms with Crippen molar-refractivity contribution in [1.82, 2.24) is 5.32 Å². The number of carbonyl (C=O) groups excluding carboxylic acids is 1. The lowest BCUT2D eigenvalue weighted by Crippen LogP contribution is -2.49. The number of carbonyl (C=O) groups is 1. The topological polar surface area (TPSA) is 55.1 Å². The monoisotopic (exact) mass is 278 g/mol. The maximum absolute atomic E-state index is 12.5. The molecule has 3 aliphatic rings. The molecule has 3 heteroatoms. The quantitative estimate of drug-likeness (QED) is 0.812. The molecule has 1 amide bonds.